The monoisotopic (exact) mass is 341 g/mol. The summed E-state index contributed by atoms with van der Waals surface area (Å²) in [6, 6.07) is 5.19. The van der Waals surface area contributed by atoms with E-state index in [2.05, 4.69) is 4.98 Å². The average molecular weight is 341 g/mol. The van der Waals surface area contributed by atoms with Crippen molar-refractivity contribution in [1.29, 1.82) is 0 Å². The number of Topliss-reactive ketones (excluding diaryl/α,β-unsaturated/α-hetero) is 1. The number of imidazole rings is 1. The van der Waals surface area contributed by atoms with Crippen molar-refractivity contribution in [2.24, 2.45) is 13.0 Å². The number of ether oxygens (including phenoxy) is 2. The summed E-state index contributed by atoms with van der Waals surface area (Å²) >= 11 is 0. The molecule has 0 bridgehead atoms. The molecule has 1 amide bonds. The molecule has 1 aromatic carbocycles. The molecule has 1 atom stereocenters. The molecule has 1 aromatic heterocycles. The van der Waals surface area contributed by atoms with Gasteiger partial charge in [-0.3, -0.25) is 9.59 Å². The number of likely N-dealkylation sites (tertiary alicyclic amines) is 1. The molecule has 0 unspecified atom stereocenters. The number of hydrogen-bond acceptors (Lipinski definition) is 5. The summed E-state index contributed by atoms with van der Waals surface area (Å²) in [5.74, 6) is 1.38. The van der Waals surface area contributed by atoms with Crippen molar-refractivity contribution in [2.75, 3.05) is 19.9 Å². The number of carbonyl (C=O) groups is 2. The van der Waals surface area contributed by atoms with Crippen molar-refractivity contribution in [2.45, 2.75) is 12.8 Å². The molecular formula is C18H19N3O4. The van der Waals surface area contributed by atoms with Gasteiger partial charge < -0.3 is 18.9 Å². The number of benzene rings is 1. The van der Waals surface area contributed by atoms with Gasteiger partial charge in [0.15, 0.2) is 17.3 Å². The van der Waals surface area contributed by atoms with Crippen LogP contribution in [0.3, 0.4) is 0 Å². The molecule has 2 aromatic rings. The molecule has 2 aliphatic rings. The van der Waals surface area contributed by atoms with Gasteiger partial charge in [-0.1, -0.05) is 0 Å². The van der Waals surface area contributed by atoms with Gasteiger partial charge in [-0.05, 0) is 31.0 Å². The van der Waals surface area contributed by atoms with E-state index < -0.39 is 0 Å². The van der Waals surface area contributed by atoms with Crippen LogP contribution in [0.1, 0.15) is 33.8 Å². The topological polar surface area (TPSA) is 73.7 Å². The van der Waals surface area contributed by atoms with Crippen molar-refractivity contribution in [3.8, 4) is 11.5 Å². The van der Waals surface area contributed by atoms with Crippen LogP contribution in [0.5, 0.6) is 11.5 Å². The zero-order valence-electron chi connectivity index (χ0n) is 14.0. The molecule has 25 heavy (non-hydrogen) atoms. The van der Waals surface area contributed by atoms with E-state index in [-0.39, 0.29) is 24.4 Å². The number of piperidine rings is 1. The van der Waals surface area contributed by atoms with E-state index >= 15 is 0 Å². The van der Waals surface area contributed by atoms with E-state index in [1.165, 1.54) is 0 Å². The Labute approximate surface area is 145 Å². The van der Waals surface area contributed by atoms with Gasteiger partial charge in [-0.15, -0.1) is 0 Å². The Bertz CT molecular complexity index is 829. The summed E-state index contributed by atoms with van der Waals surface area (Å²) in [4.78, 5) is 31.4. The summed E-state index contributed by atoms with van der Waals surface area (Å²) in [5, 5.41) is 0. The van der Waals surface area contributed by atoms with Crippen LogP contribution >= 0.6 is 0 Å². The Morgan fingerprint density at radius 2 is 2.08 bits per heavy atom. The quantitative estimate of drug-likeness (QED) is 0.797. The van der Waals surface area contributed by atoms with Crippen LogP contribution < -0.4 is 9.47 Å². The number of aromatic nitrogens is 2. The van der Waals surface area contributed by atoms with Gasteiger partial charge in [0.05, 0.1) is 0 Å². The van der Waals surface area contributed by atoms with Crippen LogP contribution in [0.15, 0.2) is 30.6 Å². The van der Waals surface area contributed by atoms with E-state index in [0.29, 0.717) is 36.0 Å². The van der Waals surface area contributed by atoms with E-state index in [4.69, 9.17) is 9.47 Å². The Hall–Kier alpha value is -2.83. The SMILES string of the molecule is Cn1ccnc1C(=O)[C@@H]1CCCN(C(=O)c2ccc3c(c2)OCO3)C1. The predicted molar refractivity (Wildman–Crippen MR) is 88.7 cm³/mol. The third-order valence-corrected chi connectivity index (χ3v) is 4.74. The average Bonchev–Trinajstić information content (AvgIpc) is 3.28. The number of amides is 1. The lowest BCUT2D eigenvalue weighted by Crippen LogP contribution is -2.42. The molecule has 3 heterocycles. The lowest BCUT2D eigenvalue weighted by atomic mass is 9.92. The maximum atomic E-state index is 12.8. The van der Waals surface area contributed by atoms with E-state index in [1.54, 1.807) is 47.1 Å². The maximum absolute atomic E-state index is 12.8. The molecule has 0 radical (unpaired) electrons. The third kappa shape index (κ3) is 2.86. The predicted octanol–water partition coefficient (Wildman–Crippen LogP) is 1.88. The number of aryl methyl sites for hydroxylation is 1. The molecule has 1 saturated heterocycles. The van der Waals surface area contributed by atoms with Crippen LogP contribution in [0, 0.1) is 5.92 Å². The molecule has 2 aliphatic heterocycles. The van der Waals surface area contributed by atoms with E-state index in [9.17, 15) is 9.59 Å². The first kappa shape index (κ1) is 15.7. The van der Waals surface area contributed by atoms with Crippen LogP contribution in [0.4, 0.5) is 0 Å². The number of hydrogen-bond donors (Lipinski definition) is 0. The summed E-state index contributed by atoms with van der Waals surface area (Å²) in [7, 11) is 1.80. The van der Waals surface area contributed by atoms with Gasteiger partial charge >= 0.3 is 0 Å². The van der Waals surface area contributed by atoms with Crippen molar-refractivity contribution in [3.05, 3.63) is 42.0 Å². The Morgan fingerprint density at radius 1 is 1.24 bits per heavy atom. The first-order valence-corrected chi connectivity index (χ1v) is 8.34. The van der Waals surface area contributed by atoms with E-state index in [0.717, 1.165) is 12.8 Å². The fourth-order valence-electron chi connectivity index (χ4n) is 3.37. The van der Waals surface area contributed by atoms with Crippen LogP contribution in [-0.2, 0) is 7.05 Å². The first-order valence-electron chi connectivity index (χ1n) is 8.34. The Morgan fingerprint density at radius 3 is 2.88 bits per heavy atom. The van der Waals surface area contributed by atoms with Crippen molar-refractivity contribution in [1.82, 2.24) is 14.5 Å². The molecule has 0 saturated carbocycles. The minimum atomic E-state index is -0.215. The standard InChI is InChI=1S/C18H19N3O4/c1-20-8-6-19-17(20)16(22)13-3-2-7-21(10-13)18(23)12-4-5-14-15(9-12)25-11-24-14/h4-6,8-9,13H,2-3,7,10-11H2,1H3/t13-/m1/s1. The van der Waals surface area contributed by atoms with Gasteiger partial charge in [0, 0.05) is 44.0 Å². The van der Waals surface area contributed by atoms with Crippen LogP contribution in [0.2, 0.25) is 0 Å². The largest absolute Gasteiger partial charge is 0.454 e. The van der Waals surface area contributed by atoms with Gasteiger partial charge in [-0.25, -0.2) is 4.98 Å². The second-order valence-electron chi connectivity index (χ2n) is 6.38. The third-order valence-electron chi connectivity index (χ3n) is 4.74. The summed E-state index contributed by atoms with van der Waals surface area (Å²) in [6.45, 7) is 1.24. The number of fused-ring (bicyclic) bond motifs is 1. The summed E-state index contributed by atoms with van der Waals surface area (Å²) < 4.78 is 12.3. The first-order chi connectivity index (χ1) is 12.1. The van der Waals surface area contributed by atoms with Gasteiger partial charge in [0.25, 0.3) is 5.91 Å². The van der Waals surface area contributed by atoms with Gasteiger partial charge in [0.1, 0.15) is 0 Å². The maximum Gasteiger partial charge on any atom is 0.254 e. The summed E-state index contributed by atoms with van der Waals surface area (Å²) in [5.41, 5.74) is 0.550. The molecule has 0 spiro atoms. The van der Waals surface area contributed by atoms with Crippen LogP contribution in [-0.4, -0.2) is 46.0 Å². The summed E-state index contributed by atoms with van der Waals surface area (Å²) in [6.07, 6.45) is 4.95. The highest BCUT2D eigenvalue weighted by Crippen LogP contribution is 2.33. The number of ketones is 1. The highest BCUT2D eigenvalue weighted by molar-refractivity contribution is 5.97. The van der Waals surface area contributed by atoms with Gasteiger partial charge in [0.2, 0.25) is 12.6 Å². The smallest absolute Gasteiger partial charge is 0.254 e. The van der Waals surface area contributed by atoms with Crippen molar-refractivity contribution < 1.29 is 19.1 Å². The highest BCUT2D eigenvalue weighted by atomic mass is 16.7. The zero-order valence-corrected chi connectivity index (χ0v) is 14.0. The zero-order chi connectivity index (χ0) is 17.4. The number of rotatable bonds is 3. The molecule has 0 aliphatic carbocycles. The number of nitrogens with zero attached hydrogens (tertiary/aromatic N) is 3. The lowest BCUT2D eigenvalue weighted by Gasteiger charge is -2.32. The van der Waals surface area contributed by atoms with Crippen LogP contribution in [0.25, 0.3) is 0 Å². The second-order valence-corrected chi connectivity index (χ2v) is 6.38. The molecule has 4 rings (SSSR count). The Kier molecular flexibility index (Phi) is 3.91. The fourth-order valence-corrected chi connectivity index (χ4v) is 3.37. The normalized spacial score (nSPS) is 19.1. The molecule has 130 valence electrons. The highest BCUT2D eigenvalue weighted by Gasteiger charge is 2.31. The minimum Gasteiger partial charge on any atom is -0.454 e. The number of carbonyl (C=O) groups excluding carboxylic acids is 2. The molecule has 7 heteroatoms. The Balaban J connectivity index is 1.50. The van der Waals surface area contributed by atoms with Crippen molar-refractivity contribution >= 4 is 11.7 Å². The minimum absolute atomic E-state index is 0.00399. The molecule has 1 fully saturated rings. The fraction of sp³-hybridized carbons (Fsp3) is 0.389. The van der Waals surface area contributed by atoms with E-state index in [1.807, 2.05) is 0 Å². The molecule has 0 N–H and O–H groups in total. The molecular weight excluding hydrogens is 322 g/mol. The van der Waals surface area contributed by atoms with Crippen molar-refractivity contribution in [3.63, 3.8) is 0 Å². The second kappa shape index (κ2) is 6.23. The lowest BCUT2D eigenvalue weighted by molar-refractivity contribution is 0.0632. The molecule has 7 nitrogen and oxygen atoms in total. The van der Waals surface area contributed by atoms with Gasteiger partial charge in [-0.2, -0.15) is 0 Å².